The number of nitrogens with zero attached hydrogens (tertiary/aromatic N) is 1. The normalized spacial score (nSPS) is 24.9. The molecule has 1 saturated carbocycles. The van der Waals surface area contributed by atoms with Crippen molar-refractivity contribution in [2.24, 2.45) is 11.8 Å². The topological polar surface area (TPSA) is 54.5 Å². The van der Waals surface area contributed by atoms with Crippen molar-refractivity contribution >= 4 is 44.8 Å². The molecule has 0 spiro atoms. The van der Waals surface area contributed by atoms with Crippen LogP contribution < -0.4 is 4.90 Å². The van der Waals surface area contributed by atoms with Gasteiger partial charge in [0, 0.05) is 0 Å². The van der Waals surface area contributed by atoms with Gasteiger partial charge in [0.25, 0.3) is 0 Å². The lowest BCUT2D eigenvalue weighted by atomic mass is 9.59. The van der Waals surface area contributed by atoms with Gasteiger partial charge in [-0.25, -0.2) is 4.90 Å². The summed E-state index contributed by atoms with van der Waals surface area (Å²) >= 11 is 0. The second kappa shape index (κ2) is 9.09. The van der Waals surface area contributed by atoms with Gasteiger partial charge in [-0.2, -0.15) is 0 Å². The second-order valence-electron chi connectivity index (χ2n) is 12.5. The molecule has 4 heteroatoms. The van der Waals surface area contributed by atoms with E-state index < -0.39 is 22.7 Å². The molecule has 4 nitrogen and oxygen atoms in total. The summed E-state index contributed by atoms with van der Waals surface area (Å²) in [6.07, 6.45) is 0.671. The minimum Gasteiger partial charge on any atom is -0.297 e. The van der Waals surface area contributed by atoms with E-state index in [1.54, 1.807) is 0 Å². The van der Waals surface area contributed by atoms with E-state index in [1.165, 1.54) is 4.90 Å². The molecule has 0 N–H and O–H groups in total. The van der Waals surface area contributed by atoms with Crippen LogP contribution in [-0.2, 0) is 31.6 Å². The van der Waals surface area contributed by atoms with Crippen LogP contribution in [0.1, 0.15) is 34.7 Å². The van der Waals surface area contributed by atoms with E-state index in [4.69, 9.17) is 0 Å². The van der Waals surface area contributed by atoms with Crippen molar-refractivity contribution in [3.05, 3.63) is 161 Å². The lowest BCUT2D eigenvalue weighted by Gasteiger charge is -2.38. The molecule has 0 aromatic heterocycles. The van der Waals surface area contributed by atoms with Gasteiger partial charge >= 0.3 is 0 Å². The van der Waals surface area contributed by atoms with Crippen LogP contribution in [0.3, 0.4) is 0 Å². The van der Waals surface area contributed by atoms with Crippen molar-refractivity contribution in [1.29, 1.82) is 0 Å². The van der Waals surface area contributed by atoms with Crippen LogP contribution >= 0.6 is 0 Å². The molecule has 1 aliphatic heterocycles. The van der Waals surface area contributed by atoms with Gasteiger partial charge in [-0.15, -0.1) is 0 Å². The maximum Gasteiger partial charge on any atom is 0.239 e. The van der Waals surface area contributed by atoms with E-state index in [0.29, 0.717) is 12.1 Å². The summed E-state index contributed by atoms with van der Waals surface area (Å²) in [5, 5.41) is 3.97. The first-order valence-electron chi connectivity index (χ1n) is 15.6. The fraction of sp³-hybridized carbons (Fsp3) is 0.146. The highest BCUT2D eigenvalue weighted by Crippen LogP contribution is 2.72. The number of Topliss-reactive ketones (excluding diaryl/α,β-unsaturated/α-hetero) is 1. The average Bonchev–Trinajstić information content (AvgIpc) is 3.61. The Labute approximate surface area is 260 Å². The molecular weight excluding hydrogens is 554 g/mol. The number of aryl methyl sites for hydroxylation is 1. The maximum atomic E-state index is 15.9. The Hall–Kier alpha value is -5.35. The van der Waals surface area contributed by atoms with Gasteiger partial charge in [-0.3, -0.25) is 14.4 Å². The summed E-state index contributed by atoms with van der Waals surface area (Å²) in [5.41, 5.74) is 2.07. The van der Waals surface area contributed by atoms with Crippen LogP contribution in [0.5, 0.6) is 0 Å². The highest BCUT2D eigenvalue weighted by atomic mass is 16.2. The van der Waals surface area contributed by atoms with Gasteiger partial charge in [0.15, 0.2) is 5.78 Å². The molecule has 1 heterocycles. The zero-order valence-electron chi connectivity index (χ0n) is 24.7. The fourth-order valence-electron chi connectivity index (χ4n) is 9.21. The quantitative estimate of drug-likeness (QED) is 0.159. The number of carbonyl (C=O) groups excluding carboxylic acids is 3. The van der Waals surface area contributed by atoms with Crippen molar-refractivity contribution in [2.75, 3.05) is 4.90 Å². The lowest BCUT2D eigenvalue weighted by molar-refractivity contribution is -0.130. The predicted molar refractivity (Wildman–Crippen MR) is 176 cm³/mol. The number of amides is 2. The molecule has 0 unspecified atom stereocenters. The third kappa shape index (κ3) is 2.91. The smallest absolute Gasteiger partial charge is 0.239 e. The Balaban J connectivity index is 1.51. The van der Waals surface area contributed by atoms with Crippen molar-refractivity contribution in [1.82, 2.24) is 0 Å². The molecule has 9 rings (SSSR count). The number of rotatable bonds is 4. The molecule has 2 fully saturated rings. The van der Waals surface area contributed by atoms with Crippen molar-refractivity contribution in [3.8, 4) is 0 Å². The Bertz CT molecular complexity index is 2110. The molecule has 1 saturated heterocycles. The number of anilines is 1. The molecule has 216 valence electrons. The van der Waals surface area contributed by atoms with Gasteiger partial charge < -0.3 is 0 Å². The summed E-state index contributed by atoms with van der Waals surface area (Å²) in [6.45, 7) is 2.03. The van der Waals surface area contributed by atoms with E-state index >= 15 is 14.4 Å². The molecule has 45 heavy (non-hydrogen) atoms. The van der Waals surface area contributed by atoms with Gasteiger partial charge in [0.1, 0.15) is 0 Å². The summed E-state index contributed by atoms with van der Waals surface area (Å²) < 4.78 is 0. The number of para-hydroxylation sites is 1. The number of benzene rings is 6. The molecule has 6 aromatic rings. The second-order valence-corrected chi connectivity index (χ2v) is 12.5. The zero-order chi connectivity index (χ0) is 30.5. The number of hydrogen-bond donors (Lipinski definition) is 0. The molecular formula is C41H29NO3. The fourth-order valence-corrected chi connectivity index (χ4v) is 9.21. The van der Waals surface area contributed by atoms with Gasteiger partial charge in [0.2, 0.25) is 11.8 Å². The molecule has 2 aliphatic carbocycles. The zero-order valence-corrected chi connectivity index (χ0v) is 24.7. The molecule has 0 radical (unpaired) electrons. The third-order valence-corrected chi connectivity index (χ3v) is 10.7. The largest absolute Gasteiger partial charge is 0.297 e. The van der Waals surface area contributed by atoms with Crippen molar-refractivity contribution < 1.29 is 14.4 Å². The summed E-state index contributed by atoms with van der Waals surface area (Å²) in [6, 6.07) is 43.5. The standard InChI is InChI=1S/C41H29NO3/c1-2-25-15-9-14-24-32(25)42-37(43)35-36(38(42)44)41(27-18-7-4-8-19-27)34-31-23-13-11-21-29(31)28-20-10-12-22-30(28)33(34)40(35,39(41)45)26-16-5-3-6-17-26/h3-24,35-36H,2H2,1H3/t35-,36+,40-,41-/m0/s1. The SMILES string of the molecule is CCc1ccccc1N1C(=O)[C@@H]2[C@H](C1=O)[C@@]1(c3ccccc3)C(=O)[C@@]2(c2ccccc2)c2c1c1ccccc1c1ccccc21. The predicted octanol–water partition coefficient (Wildman–Crippen LogP) is 7.53. The Morgan fingerprint density at radius 1 is 0.511 bits per heavy atom. The van der Waals surface area contributed by atoms with Crippen LogP contribution in [0.4, 0.5) is 5.69 Å². The lowest BCUT2D eigenvalue weighted by Crippen LogP contribution is -2.45. The van der Waals surface area contributed by atoms with Crippen LogP contribution in [0, 0.1) is 11.8 Å². The Morgan fingerprint density at radius 3 is 1.38 bits per heavy atom. The van der Waals surface area contributed by atoms with Crippen LogP contribution in [-0.4, -0.2) is 17.6 Å². The van der Waals surface area contributed by atoms with E-state index in [0.717, 1.165) is 49.4 Å². The summed E-state index contributed by atoms with van der Waals surface area (Å²) in [5.74, 6) is -2.49. The van der Waals surface area contributed by atoms with E-state index in [1.807, 2.05) is 116 Å². The molecule has 2 bridgehead atoms. The van der Waals surface area contributed by atoms with Crippen molar-refractivity contribution in [3.63, 3.8) is 0 Å². The minimum absolute atomic E-state index is 0.0796. The Morgan fingerprint density at radius 2 is 0.911 bits per heavy atom. The number of carbonyl (C=O) groups is 3. The molecule has 6 aromatic carbocycles. The molecule has 2 amide bonds. The summed E-state index contributed by atoms with van der Waals surface area (Å²) in [4.78, 5) is 47.5. The number of imide groups is 1. The number of fused-ring (bicyclic) bond motifs is 13. The molecule has 4 atom stereocenters. The van der Waals surface area contributed by atoms with E-state index in [-0.39, 0.29) is 17.6 Å². The first-order chi connectivity index (χ1) is 22.1. The van der Waals surface area contributed by atoms with Crippen LogP contribution in [0.25, 0.3) is 21.5 Å². The molecule has 3 aliphatic rings. The Kier molecular flexibility index (Phi) is 5.27. The van der Waals surface area contributed by atoms with Gasteiger partial charge in [-0.05, 0) is 61.8 Å². The summed E-state index contributed by atoms with van der Waals surface area (Å²) in [7, 11) is 0. The highest BCUT2D eigenvalue weighted by Gasteiger charge is 2.82. The van der Waals surface area contributed by atoms with Crippen LogP contribution in [0.2, 0.25) is 0 Å². The first kappa shape index (κ1) is 26.1. The number of ketones is 1. The monoisotopic (exact) mass is 583 g/mol. The van der Waals surface area contributed by atoms with E-state index in [9.17, 15) is 0 Å². The van der Waals surface area contributed by atoms with Crippen LogP contribution in [0.15, 0.2) is 133 Å². The third-order valence-electron chi connectivity index (χ3n) is 10.7. The van der Waals surface area contributed by atoms with Crippen molar-refractivity contribution in [2.45, 2.75) is 24.2 Å². The average molecular weight is 584 g/mol. The number of hydrogen-bond acceptors (Lipinski definition) is 3. The maximum absolute atomic E-state index is 15.9. The highest BCUT2D eigenvalue weighted by molar-refractivity contribution is 6.34. The first-order valence-corrected chi connectivity index (χ1v) is 15.6. The van der Waals surface area contributed by atoms with E-state index in [2.05, 4.69) is 24.3 Å². The van der Waals surface area contributed by atoms with Gasteiger partial charge in [-0.1, -0.05) is 134 Å². The van der Waals surface area contributed by atoms with Gasteiger partial charge in [0.05, 0.1) is 28.4 Å². The minimum atomic E-state index is -1.36.